The molecular formula is C21H22N4O4S. The number of carbonyl (C=O) groups excluding carboxylic acids is 2. The highest BCUT2D eigenvalue weighted by atomic mass is 32.1. The van der Waals surface area contributed by atoms with Crippen LogP contribution in [0.25, 0.3) is 11.4 Å². The number of ether oxygens (including phenoxy) is 2. The lowest BCUT2D eigenvalue weighted by molar-refractivity contribution is -0.141. The van der Waals surface area contributed by atoms with Gasteiger partial charge in [0, 0.05) is 5.56 Å². The first-order valence-corrected chi connectivity index (χ1v) is 9.63. The molecule has 8 nitrogen and oxygen atoms in total. The van der Waals surface area contributed by atoms with E-state index >= 15 is 0 Å². The van der Waals surface area contributed by atoms with Gasteiger partial charge in [0.1, 0.15) is 12.3 Å². The molecule has 1 unspecified atom stereocenters. The number of H-pyrrole nitrogens is 1. The Morgan fingerprint density at radius 1 is 1.13 bits per heavy atom. The summed E-state index contributed by atoms with van der Waals surface area (Å²) in [6, 6.07) is 16.0. The van der Waals surface area contributed by atoms with Gasteiger partial charge in [-0.25, -0.2) is 0 Å². The molecule has 0 aliphatic heterocycles. The molecule has 0 aliphatic carbocycles. The van der Waals surface area contributed by atoms with Gasteiger partial charge in [-0.05, 0) is 42.0 Å². The van der Waals surface area contributed by atoms with Crippen LogP contribution in [0.1, 0.15) is 18.0 Å². The second-order valence-corrected chi connectivity index (χ2v) is 6.86. The van der Waals surface area contributed by atoms with E-state index in [0.29, 0.717) is 16.3 Å². The molecule has 0 radical (unpaired) electrons. The molecule has 0 aliphatic rings. The smallest absolute Gasteiger partial charge is 0.307 e. The van der Waals surface area contributed by atoms with Crippen molar-refractivity contribution in [1.82, 2.24) is 20.1 Å². The van der Waals surface area contributed by atoms with Crippen molar-refractivity contribution in [3.05, 3.63) is 64.9 Å². The summed E-state index contributed by atoms with van der Waals surface area (Å²) in [4.78, 5) is 24.6. The lowest BCUT2D eigenvalue weighted by Crippen LogP contribution is -2.33. The number of rotatable bonds is 8. The van der Waals surface area contributed by atoms with Gasteiger partial charge in [0.2, 0.25) is 5.91 Å². The number of nitrogens with one attached hydrogen (secondary N) is 2. The molecule has 0 bridgehead atoms. The topological polar surface area (TPSA) is 98.2 Å². The summed E-state index contributed by atoms with van der Waals surface area (Å²) in [6.45, 7) is -0.0544. The van der Waals surface area contributed by atoms with Crippen molar-refractivity contribution in [1.29, 1.82) is 0 Å². The van der Waals surface area contributed by atoms with E-state index in [1.165, 1.54) is 7.11 Å². The fourth-order valence-electron chi connectivity index (χ4n) is 3.00. The monoisotopic (exact) mass is 426 g/mol. The van der Waals surface area contributed by atoms with Crippen LogP contribution in [-0.2, 0) is 20.9 Å². The highest BCUT2D eigenvalue weighted by Crippen LogP contribution is 2.21. The van der Waals surface area contributed by atoms with Crippen molar-refractivity contribution in [2.45, 2.75) is 19.0 Å². The van der Waals surface area contributed by atoms with E-state index in [1.54, 1.807) is 23.8 Å². The number of methoxy groups -OCH3 is 2. The SMILES string of the molecule is COC(=O)CC(NC(=O)Cn1c(-c2ccc(OC)cc2)n[nH]c1=S)c1ccccc1. The van der Waals surface area contributed by atoms with Crippen molar-refractivity contribution in [2.24, 2.45) is 0 Å². The lowest BCUT2D eigenvalue weighted by Gasteiger charge is -2.18. The van der Waals surface area contributed by atoms with Gasteiger partial charge in [0.15, 0.2) is 10.6 Å². The zero-order valence-corrected chi connectivity index (χ0v) is 17.4. The molecule has 1 atom stereocenters. The van der Waals surface area contributed by atoms with E-state index in [2.05, 4.69) is 15.5 Å². The van der Waals surface area contributed by atoms with E-state index in [-0.39, 0.29) is 18.9 Å². The molecule has 2 N–H and O–H groups in total. The van der Waals surface area contributed by atoms with Gasteiger partial charge in [0.05, 0.1) is 26.7 Å². The van der Waals surface area contributed by atoms with E-state index in [4.69, 9.17) is 21.7 Å². The van der Waals surface area contributed by atoms with Crippen molar-refractivity contribution < 1.29 is 19.1 Å². The predicted molar refractivity (Wildman–Crippen MR) is 113 cm³/mol. The highest BCUT2D eigenvalue weighted by Gasteiger charge is 2.20. The highest BCUT2D eigenvalue weighted by molar-refractivity contribution is 7.71. The number of esters is 1. The van der Waals surface area contributed by atoms with Gasteiger partial charge in [0.25, 0.3) is 0 Å². The molecular weight excluding hydrogens is 404 g/mol. The Balaban J connectivity index is 1.80. The minimum atomic E-state index is -0.517. The van der Waals surface area contributed by atoms with Gasteiger partial charge in [-0.2, -0.15) is 5.10 Å². The number of hydrogen-bond acceptors (Lipinski definition) is 6. The third-order valence-electron chi connectivity index (χ3n) is 4.54. The molecule has 1 amide bonds. The number of nitrogens with zero attached hydrogens (tertiary/aromatic N) is 2. The van der Waals surface area contributed by atoms with Gasteiger partial charge in [-0.3, -0.25) is 19.3 Å². The Labute approximate surface area is 178 Å². The van der Waals surface area contributed by atoms with Crippen LogP contribution in [0.3, 0.4) is 0 Å². The molecule has 3 rings (SSSR count). The Morgan fingerprint density at radius 3 is 2.47 bits per heavy atom. The van der Waals surface area contributed by atoms with Gasteiger partial charge in [-0.1, -0.05) is 30.3 Å². The van der Waals surface area contributed by atoms with E-state index < -0.39 is 12.0 Å². The van der Waals surface area contributed by atoms with Crippen molar-refractivity contribution in [3.63, 3.8) is 0 Å². The second-order valence-electron chi connectivity index (χ2n) is 6.48. The first-order chi connectivity index (χ1) is 14.5. The quantitative estimate of drug-likeness (QED) is 0.424. The summed E-state index contributed by atoms with van der Waals surface area (Å²) < 4.78 is 11.9. The first kappa shape index (κ1) is 21.3. The van der Waals surface area contributed by atoms with Crippen LogP contribution in [0, 0.1) is 4.77 Å². The maximum Gasteiger partial charge on any atom is 0.307 e. The molecule has 2 aromatic carbocycles. The third-order valence-corrected chi connectivity index (χ3v) is 4.86. The Hall–Kier alpha value is -3.46. The number of amides is 1. The Kier molecular flexibility index (Phi) is 6.97. The standard InChI is InChI=1S/C21H22N4O4S/c1-28-16-10-8-15(9-11-16)20-23-24-21(30)25(20)13-18(26)22-17(12-19(27)29-2)14-6-4-3-5-7-14/h3-11,17H,12-13H2,1-2H3,(H,22,26)(H,24,30). The molecule has 30 heavy (non-hydrogen) atoms. The normalized spacial score (nSPS) is 11.5. The Bertz CT molecular complexity index is 1060. The lowest BCUT2D eigenvalue weighted by atomic mass is 10.0. The van der Waals surface area contributed by atoms with Crippen LogP contribution in [-0.4, -0.2) is 40.9 Å². The summed E-state index contributed by atoms with van der Waals surface area (Å²) in [7, 11) is 2.91. The van der Waals surface area contributed by atoms with Crippen LogP contribution in [0.15, 0.2) is 54.6 Å². The summed E-state index contributed by atoms with van der Waals surface area (Å²) in [5.41, 5.74) is 1.59. The summed E-state index contributed by atoms with van der Waals surface area (Å²) >= 11 is 5.30. The number of hydrogen-bond donors (Lipinski definition) is 2. The number of aromatic nitrogens is 3. The zero-order valence-electron chi connectivity index (χ0n) is 16.6. The average Bonchev–Trinajstić information content (AvgIpc) is 3.13. The van der Waals surface area contributed by atoms with E-state index in [1.807, 2.05) is 42.5 Å². The largest absolute Gasteiger partial charge is 0.497 e. The van der Waals surface area contributed by atoms with Gasteiger partial charge in [-0.15, -0.1) is 0 Å². The predicted octanol–water partition coefficient (Wildman–Crippen LogP) is 3.04. The van der Waals surface area contributed by atoms with Crippen LogP contribution in [0.2, 0.25) is 0 Å². The van der Waals surface area contributed by atoms with E-state index in [0.717, 1.165) is 11.1 Å². The Morgan fingerprint density at radius 2 is 1.83 bits per heavy atom. The average molecular weight is 426 g/mol. The molecule has 9 heteroatoms. The van der Waals surface area contributed by atoms with Crippen molar-refractivity contribution in [3.8, 4) is 17.1 Å². The second kappa shape index (κ2) is 9.84. The molecule has 1 aromatic heterocycles. The van der Waals surface area contributed by atoms with Crippen molar-refractivity contribution >= 4 is 24.1 Å². The van der Waals surface area contributed by atoms with Crippen molar-refractivity contribution in [2.75, 3.05) is 14.2 Å². The molecule has 0 saturated heterocycles. The first-order valence-electron chi connectivity index (χ1n) is 9.22. The third kappa shape index (κ3) is 5.12. The van der Waals surface area contributed by atoms with Gasteiger partial charge >= 0.3 is 5.97 Å². The summed E-state index contributed by atoms with van der Waals surface area (Å²) in [5.74, 6) is 0.524. The molecule has 0 saturated carbocycles. The maximum absolute atomic E-state index is 12.8. The minimum absolute atomic E-state index is 0.0222. The molecule has 1 heterocycles. The van der Waals surface area contributed by atoms with Crippen LogP contribution < -0.4 is 10.1 Å². The molecule has 0 fully saturated rings. The molecule has 3 aromatic rings. The van der Waals surface area contributed by atoms with Crippen LogP contribution in [0.4, 0.5) is 0 Å². The minimum Gasteiger partial charge on any atom is -0.497 e. The number of aromatic amines is 1. The van der Waals surface area contributed by atoms with Crippen LogP contribution >= 0.6 is 12.2 Å². The number of benzene rings is 2. The summed E-state index contributed by atoms with van der Waals surface area (Å²) in [5, 5.41) is 9.86. The van der Waals surface area contributed by atoms with E-state index in [9.17, 15) is 9.59 Å². The fourth-order valence-corrected chi connectivity index (χ4v) is 3.19. The molecule has 0 spiro atoms. The maximum atomic E-state index is 12.8. The van der Waals surface area contributed by atoms with Crippen LogP contribution in [0.5, 0.6) is 5.75 Å². The number of carbonyl (C=O) groups is 2. The zero-order chi connectivity index (χ0) is 21.5. The molecule has 156 valence electrons. The fraction of sp³-hybridized carbons (Fsp3) is 0.238. The van der Waals surface area contributed by atoms with Gasteiger partial charge < -0.3 is 14.8 Å². The summed E-state index contributed by atoms with van der Waals surface area (Å²) in [6.07, 6.45) is 0.0222.